The van der Waals surface area contributed by atoms with Crippen LogP contribution in [0.15, 0.2) is 54.6 Å². The second-order valence-corrected chi connectivity index (χ2v) is 7.46. The molecule has 6 nitrogen and oxygen atoms in total. The molecule has 0 heterocycles. The fraction of sp³-hybridized carbons (Fsp3) is 0.364. The molecule has 1 fully saturated rings. The predicted octanol–water partition coefficient (Wildman–Crippen LogP) is 2.40. The van der Waals surface area contributed by atoms with Crippen LogP contribution in [0.5, 0.6) is 5.75 Å². The molecule has 2 aromatic rings. The van der Waals surface area contributed by atoms with Gasteiger partial charge in [0, 0.05) is 31.6 Å². The van der Waals surface area contributed by atoms with Gasteiger partial charge in [0.25, 0.3) is 11.8 Å². The predicted molar refractivity (Wildman–Crippen MR) is 106 cm³/mol. The fourth-order valence-corrected chi connectivity index (χ4v) is 3.06. The summed E-state index contributed by atoms with van der Waals surface area (Å²) in [5.74, 6) is 0.0876. The topological polar surface area (TPSA) is 78.9 Å². The molecule has 0 aromatic heterocycles. The van der Waals surface area contributed by atoms with Gasteiger partial charge in [-0.25, -0.2) is 0 Å². The zero-order chi connectivity index (χ0) is 20.1. The number of ether oxygens (including phenoxy) is 1. The smallest absolute Gasteiger partial charge is 0.259 e. The van der Waals surface area contributed by atoms with Gasteiger partial charge in [0.05, 0.1) is 6.10 Å². The molecule has 1 aliphatic carbocycles. The van der Waals surface area contributed by atoms with Crippen LogP contribution in [0.1, 0.15) is 34.9 Å². The van der Waals surface area contributed by atoms with Gasteiger partial charge in [0.1, 0.15) is 5.75 Å². The Hall–Kier alpha value is -2.86. The van der Waals surface area contributed by atoms with Crippen molar-refractivity contribution in [2.75, 3.05) is 27.2 Å². The van der Waals surface area contributed by atoms with Crippen molar-refractivity contribution in [3.05, 3.63) is 65.7 Å². The van der Waals surface area contributed by atoms with Crippen molar-refractivity contribution in [3.8, 4) is 5.75 Å². The molecular formula is C22H26N2O4. The van der Waals surface area contributed by atoms with Gasteiger partial charge in [-0.15, -0.1) is 0 Å². The Morgan fingerprint density at radius 1 is 1.14 bits per heavy atom. The van der Waals surface area contributed by atoms with E-state index in [0.717, 1.165) is 18.4 Å². The number of benzene rings is 2. The van der Waals surface area contributed by atoms with Crippen LogP contribution in [0, 0.1) is 5.41 Å². The van der Waals surface area contributed by atoms with Crippen molar-refractivity contribution in [2.24, 2.45) is 5.41 Å². The molecule has 0 bridgehead atoms. The number of hydrogen-bond acceptors (Lipinski definition) is 4. The van der Waals surface area contributed by atoms with Gasteiger partial charge >= 0.3 is 0 Å². The van der Waals surface area contributed by atoms with Crippen molar-refractivity contribution in [2.45, 2.75) is 18.9 Å². The zero-order valence-corrected chi connectivity index (χ0v) is 16.2. The number of carbonyl (C=O) groups excluding carboxylic acids is 2. The zero-order valence-electron chi connectivity index (χ0n) is 16.2. The lowest BCUT2D eigenvalue weighted by molar-refractivity contribution is -0.130. The van der Waals surface area contributed by atoms with E-state index < -0.39 is 6.10 Å². The molecule has 0 spiro atoms. The number of amides is 2. The van der Waals surface area contributed by atoms with Gasteiger partial charge in [-0.2, -0.15) is 0 Å². The molecule has 1 atom stereocenters. The average Bonchev–Trinajstić information content (AvgIpc) is 3.51. The molecule has 28 heavy (non-hydrogen) atoms. The molecule has 0 aliphatic heterocycles. The van der Waals surface area contributed by atoms with Crippen LogP contribution in [0.25, 0.3) is 0 Å². The Bertz CT molecular complexity index is 831. The van der Waals surface area contributed by atoms with Crippen molar-refractivity contribution < 1.29 is 19.4 Å². The highest BCUT2D eigenvalue weighted by atomic mass is 16.5. The molecule has 2 amide bonds. The summed E-state index contributed by atoms with van der Waals surface area (Å²) >= 11 is 0. The third-order valence-electron chi connectivity index (χ3n) is 5.15. The number of hydrogen-bond donors (Lipinski definition) is 2. The minimum atomic E-state index is -0.597. The maximum Gasteiger partial charge on any atom is 0.259 e. The largest absolute Gasteiger partial charge is 0.484 e. The first-order chi connectivity index (χ1) is 13.4. The lowest BCUT2D eigenvalue weighted by Gasteiger charge is -2.23. The molecular weight excluding hydrogens is 356 g/mol. The normalized spacial score (nSPS) is 15.4. The highest BCUT2D eigenvalue weighted by Gasteiger charge is 2.49. The van der Waals surface area contributed by atoms with Crippen LogP contribution in [-0.4, -0.2) is 49.1 Å². The molecule has 2 aromatic carbocycles. The van der Waals surface area contributed by atoms with Crippen molar-refractivity contribution in [1.82, 2.24) is 10.2 Å². The molecule has 0 unspecified atom stereocenters. The number of aliphatic hydroxyl groups is 1. The van der Waals surface area contributed by atoms with Gasteiger partial charge in [-0.1, -0.05) is 36.4 Å². The lowest BCUT2D eigenvalue weighted by atomic mass is 9.92. The summed E-state index contributed by atoms with van der Waals surface area (Å²) in [6.45, 7) is 0.330. The summed E-state index contributed by atoms with van der Waals surface area (Å²) in [6.07, 6.45) is 1.15. The van der Waals surface area contributed by atoms with Gasteiger partial charge in [0.2, 0.25) is 0 Å². The van der Waals surface area contributed by atoms with E-state index in [1.165, 1.54) is 4.90 Å². The maximum atomic E-state index is 12.6. The van der Waals surface area contributed by atoms with Crippen LogP contribution in [-0.2, 0) is 4.79 Å². The molecule has 1 saturated carbocycles. The van der Waals surface area contributed by atoms with Crippen LogP contribution >= 0.6 is 0 Å². The Kier molecular flexibility index (Phi) is 5.99. The van der Waals surface area contributed by atoms with Gasteiger partial charge in [0.15, 0.2) is 6.61 Å². The quantitative estimate of drug-likeness (QED) is 0.735. The average molecular weight is 382 g/mol. The SMILES string of the molecule is CN(C)C(=O)COc1cccc(C(=O)NCC2([C@@H](O)c3ccccc3)CC2)c1. The second-order valence-electron chi connectivity index (χ2n) is 7.46. The Morgan fingerprint density at radius 3 is 2.50 bits per heavy atom. The highest BCUT2D eigenvalue weighted by molar-refractivity contribution is 5.94. The van der Waals surface area contributed by atoms with Crippen molar-refractivity contribution >= 4 is 11.8 Å². The third kappa shape index (κ3) is 4.70. The summed E-state index contributed by atoms with van der Waals surface area (Å²) < 4.78 is 5.46. The van der Waals surface area contributed by atoms with Crippen LogP contribution in [0.4, 0.5) is 0 Å². The lowest BCUT2D eigenvalue weighted by Crippen LogP contribution is -2.33. The van der Waals surface area contributed by atoms with Crippen LogP contribution < -0.4 is 10.1 Å². The van der Waals surface area contributed by atoms with E-state index >= 15 is 0 Å². The molecule has 148 valence electrons. The van der Waals surface area contributed by atoms with Gasteiger partial charge in [-0.3, -0.25) is 9.59 Å². The van der Waals surface area contributed by atoms with Gasteiger partial charge in [-0.05, 0) is 36.6 Å². The monoisotopic (exact) mass is 382 g/mol. The molecule has 0 saturated heterocycles. The Labute approximate surface area is 165 Å². The number of aliphatic hydroxyl groups excluding tert-OH is 1. The number of rotatable bonds is 8. The molecule has 3 rings (SSSR count). The number of likely N-dealkylation sites (N-methyl/N-ethyl adjacent to an activating group) is 1. The van der Waals surface area contributed by atoms with E-state index in [9.17, 15) is 14.7 Å². The molecule has 2 N–H and O–H groups in total. The van der Waals surface area contributed by atoms with E-state index in [2.05, 4.69) is 5.32 Å². The minimum absolute atomic E-state index is 0.0789. The minimum Gasteiger partial charge on any atom is -0.484 e. The van der Waals surface area contributed by atoms with Crippen LogP contribution in [0.2, 0.25) is 0 Å². The Morgan fingerprint density at radius 2 is 1.86 bits per heavy atom. The summed E-state index contributed by atoms with van der Waals surface area (Å²) in [5, 5.41) is 13.6. The first-order valence-electron chi connectivity index (χ1n) is 9.35. The van der Waals surface area contributed by atoms with Crippen LogP contribution in [0.3, 0.4) is 0 Å². The second kappa shape index (κ2) is 8.44. The van der Waals surface area contributed by atoms with E-state index in [1.807, 2.05) is 30.3 Å². The standard InChI is InChI=1S/C22H26N2O4/c1-24(2)19(25)14-28-18-10-6-9-17(13-18)21(27)23-15-22(11-12-22)20(26)16-7-4-3-5-8-16/h3-10,13,20,26H,11-12,14-15H2,1-2H3,(H,23,27)/t20-/m0/s1. The number of nitrogens with one attached hydrogen (secondary N) is 1. The van der Waals surface area contributed by atoms with E-state index in [1.54, 1.807) is 38.4 Å². The van der Waals surface area contributed by atoms with E-state index in [4.69, 9.17) is 4.74 Å². The first-order valence-corrected chi connectivity index (χ1v) is 9.35. The van der Waals surface area contributed by atoms with E-state index in [-0.39, 0.29) is 23.8 Å². The summed E-state index contributed by atoms with van der Waals surface area (Å²) in [5.41, 5.74) is 1.03. The molecule has 0 radical (unpaired) electrons. The number of nitrogens with zero attached hydrogens (tertiary/aromatic N) is 1. The number of carbonyl (C=O) groups is 2. The maximum absolute atomic E-state index is 12.6. The van der Waals surface area contributed by atoms with Crippen molar-refractivity contribution in [1.29, 1.82) is 0 Å². The summed E-state index contributed by atoms with van der Waals surface area (Å²) in [4.78, 5) is 25.6. The third-order valence-corrected chi connectivity index (χ3v) is 5.15. The first kappa shape index (κ1) is 19.9. The highest BCUT2D eigenvalue weighted by Crippen LogP contribution is 2.54. The van der Waals surface area contributed by atoms with E-state index in [0.29, 0.717) is 17.9 Å². The Balaban J connectivity index is 1.58. The summed E-state index contributed by atoms with van der Waals surface area (Å²) in [7, 11) is 3.32. The molecule has 6 heteroatoms. The van der Waals surface area contributed by atoms with Gasteiger partial charge < -0.3 is 20.1 Å². The summed E-state index contributed by atoms with van der Waals surface area (Å²) in [6, 6.07) is 16.3. The fourth-order valence-electron chi connectivity index (χ4n) is 3.06. The van der Waals surface area contributed by atoms with Crippen molar-refractivity contribution in [3.63, 3.8) is 0 Å². The molecule has 1 aliphatic rings.